The van der Waals surface area contributed by atoms with E-state index in [1.54, 1.807) is 0 Å². The third-order valence-electron chi connectivity index (χ3n) is 2.00. The second-order valence-corrected chi connectivity index (χ2v) is 3.45. The first-order valence-corrected chi connectivity index (χ1v) is 5.09. The maximum atomic E-state index is 8.73. The Morgan fingerprint density at radius 2 is 2.13 bits per heavy atom. The van der Waals surface area contributed by atoms with E-state index in [0.29, 0.717) is 5.84 Å². The molecule has 0 heterocycles. The molecule has 0 aliphatic heterocycles. The van der Waals surface area contributed by atoms with Crippen molar-refractivity contribution in [2.45, 2.75) is 12.8 Å². The molecule has 0 bridgehead atoms. The number of nitrogens with zero attached hydrogens (tertiary/aromatic N) is 2. The Balaban J connectivity index is 2.87. The van der Waals surface area contributed by atoms with Gasteiger partial charge in [0, 0.05) is 0 Å². The fourth-order valence-electron chi connectivity index (χ4n) is 1.11. The smallest absolute Gasteiger partial charge is 0.115 e. The standard InChI is InChI=1S/C11H12ClN3/c1-8(7-13)9-2-4-10(5-3-9)15-11(14)6-12/h2-5,8H,6H2,1H3,(H2,14,15). The lowest BCUT2D eigenvalue weighted by Gasteiger charge is -2.02. The monoisotopic (exact) mass is 221 g/mol. The lowest BCUT2D eigenvalue weighted by atomic mass is 10.0. The van der Waals surface area contributed by atoms with Crippen LogP contribution in [-0.2, 0) is 0 Å². The number of nitriles is 1. The first-order valence-electron chi connectivity index (χ1n) is 4.56. The molecule has 0 aliphatic carbocycles. The van der Waals surface area contributed by atoms with Gasteiger partial charge in [0.25, 0.3) is 0 Å². The average molecular weight is 222 g/mol. The molecule has 4 heteroatoms. The molecule has 0 aliphatic rings. The van der Waals surface area contributed by atoms with Crippen molar-refractivity contribution in [3.05, 3.63) is 29.8 Å². The molecule has 1 aromatic carbocycles. The van der Waals surface area contributed by atoms with Gasteiger partial charge in [-0.15, -0.1) is 11.6 Å². The molecule has 0 fully saturated rings. The Labute approximate surface area is 94.2 Å². The summed E-state index contributed by atoms with van der Waals surface area (Å²) in [6.07, 6.45) is 0. The van der Waals surface area contributed by atoms with E-state index in [4.69, 9.17) is 22.6 Å². The van der Waals surface area contributed by atoms with Crippen molar-refractivity contribution in [3.63, 3.8) is 0 Å². The van der Waals surface area contributed by atoms with Crippen LogP contribution in [-0.4, -0.2) is 11.7 Å². The fourth-order valence-corrected chi connectivity index (χ4v) is 1.17. The summed E-state index contributed by atoms with van der Waals surface area (Å²) in [5, 5.41) is 8.73. The van der Waals surface area contributed by atoms with Crippen molar-refractivity contribution in [1.29, 1.82) is 5.26 Å². The molecule has 1 atom stereocenters. The van der Waals surface area contributed by atoms with Gasteiger partial charge in [-0.1, -0.05) is 12.1 Å². The van der Waals surface area contributed by atoms with Gasteiger partial charge >= 0.3 is 0 Å². The molecule has 1 rings (SSSR count). The normalized spacial score (nSPS) is 13.3. The van der Waals surface area contributed by atoms with E-state index < -0.39 is 0 Å². The molecule has 1 unspecified atom stereocenters. The van der Waals surface area contributed by atoms with Gasteiger partial charge in [0.1, 0.15) is 5.84 Å². The minimum absolute atomic E-state index is 0.103. The quantitative estimate of drug-likeness (QED) is 0.484. The number of aliphatic imine (C=N–C) groups is 1. The summed E-state index contributed by atoms with van der Waals surface area (Å²) in [7, 11) is 0. The molecule has 0 saturated carbocycles. The van der Waals surface area contributed by atoms with Crippen LogP contribution >= 0.6 is 11.6 Å². The summed E-state index contributed by atoms with van der Waals surface area (Å²) in [4.78, 5) is 4.08. The molecule has 0 amide bonds. The molecular weight excluding hydrogens is 210 g/mol. The maximum absolute atomic E-state index is 8.73. The van der Waals surface area contributed by atoms with Gasteiger partial charge in [-0.05, 0) is 24.6 Å². The van der Waals surface area contributed by atoms with Crippen molar-refractivity contribution in [2.24, 2.45) is 10.7 Å². The third kappa shape index (κ3) is 3.26. The number of nitrogens with two attached hydrogens (primary N) is 1. The first kappa shape index (κ1) is 11.5. The van der Waals surface area contributed by atoms with Gasteiger partial charge in [0.05, 0.1) is 23.6 Å². The second kappa shape index (κ2) is 5.38. The Hall–Kier alpha value is -1.53. The third-order valence-corrected chi connectivity index (χ3v) is 2.27. The van der Waals surface area contributed by atoms with E-state index in [9.17, 15) is 0 Å². The highest BCUT2D eigenvalue weighted by Crippen LogP contribution is 2.18. The maximum Gasteiger partial charge on any atom is 0.115 e. The topological polar surface area (TPSA) is 62.2 Å². The zero-order chi connectivity index (χ0) is 11.3. The van der Waals surface area contributed by atoms with Crippen LogP contribution in [0, 0.1) is 11.3 Å². The molecule has 1 aromatic rings. The molecule has 0 radical (unpaired) electrons. The predicted octanol–water partition coefficient (Wildman–Crippen LogP) is 2.54. The Morgan fingerprint density at radius 3 is 2.60 bits per heavy atom. The van der Waals surface area contributed by atoms with Crippen LogP contribution in [0.4, 0.5) is 5.69 Å². The molecule has 15 heavy (non-hydrogen) atoms. The van der Waals surface area contributed by atoms with Gasteiger partial charge in [-0.2, -0.15) is 5.26 Å². The second-order valence-electron chi connectivity index (χ2n) is 3.18. The largest absolute Gasteiger partial charge is 0.386 e. The Bertz CT molecular complexity index is 389. The van der Waals surface area contributed by atoms with E-state index >= 15 is 0 Å². The molecule has 0 aromatic heterocycles. The van der Waals surface area contributed by atoms with E-state index in [2.05, 4.69) is 11.1 Å². The van der Waals surface area contributed by atoms with Crippen LogP contribution in [0.15, 0.2) is 29.3 Å². The van der Waals surface area contributed by atoms with Crippen LogP contribution in [0.3, 0.4) is 0 Å². The summed E-state index contributed by atoms with van der Waals surface area (Å²) < 4.78 is 0. The summed E-state index contributed by atoms with van der Waals surface area (Å²) in [5.74, 6) is 0.502. The summed E-state index contributed by atoms with van der Waals surface area (Å²) in [6.45, 7) is 1.85. The van der Waals surface area contributed by atoms with Crippen molar-refractivity contribution in [2.75, 3.05) is 5.88 Å². The predicted molar refractivity (Wildman–Crippen MR) is 62.5 cm³/mol. The van der Waals surface area contributed by atoms with Crippen LogP contribution in [0.2, 0.25) is 0 Å². The van der Waals surface area contributed by atoms with E-state index in [1.165, 1.54) is 0 Å². The molecular formula is C11H12ClN3. The summed E-state index contributed by atoms with van der Waals surface area (Å²) in [6, 6.07) is 9.55. The number of amidine groups is 1. The minimum Gasteiger partial charge on any atom is -0.386 e. The van der Waals surface area contributed by atoms with Crippen molar-refractivity contribution in [3.8, 4) is 6.07 Å². The van der Waals surface area contributed by atoms with Gasteiger partial charge in [-0.3, -0.25) is 0 Å². The fraction of sp³-hybridized carbons (Fsp3) is 0.273. The summed E-state index contributed by atoms with van der Waals surface area (Å²) in [5.41, 5.74) is 7.22. The SMILES string of the molecule is CC(C#N)c1ccc(N=C(N)CCl)cc1. The van der Waals surface area contributed by atoms with Gasteiger partial charge < -0.3 is 5.73 Å². The molecule has 78 valence electrons. The van der Waals surface area contributed by atoms with Crippen molar-refractivity contribution < 1.29 is 0 Å². The number of hydrogen-bond donors (Lipinski definition) is 1. The lowest BCUT2D eigenvalue weighted by molar-refractivity contribution is 0.982. The molecule has 3 nitrogen and oxygen atoms in total. The highest BCUT2D eigenvalue weighted by atomic mass is 35.5. The van der Waals surface area contributed by atoms with Gasteiger partial charge in [0.2, 0.25) is 0 Å². The van der Waals surface area contributed by atoms with E-state index in [-0.39, 0.29) is 11.8 Å². The molecule has 0 saturated heterocycles. The number of rotatable bonds is 3. The Morgan fingerprint density at radius 1 is 1.53 bits per heavy atom. The van der Waals surface area contributed by atoms with Crippen molar-refractivity contribution >= 4 is 23.1 Å². The van der Waals surface area contributed by atoms with E-state index in [0.717, 1.165) is 11.3 Å². The number of halogens is 1. The minimum atomic E-state index is -0.103. The summed E-state index contributed by atoms with van der Waals surface area (Å²) >= 11 is 5.51. The first-order chi connectivity index (χ1) is 7.17. The van der Waals surface area contributed by atoms with Gasteiger partial charge in [0.15, 0.2) is 0 Å². The van der Waals surface area contributed by atoms with E-state index in [1.807, 2.05) is 31.2 Å². The highest BCUT2D eigenvalue weighted by Gasteiger charge is 2.02. The van der Waals surface area contributed by atoms with Crippen molar-refractivity contribution in [1.82, 2.24) is 0 Å². The van der Waals surface area contributed by atoms with Crippen LogP contribution in [0.5, 0.6) is 0 Å². The Kier molecular flexibility index (Phi) is 4.14. The lowest BCUT2D eigenvalue weighted by Crippen LogP contribution is -2.12. The van der Waals surface area contributed by atoms with Crippen LogP contribution < -0.4 is 5.73 Å². The average Bonchev–Trinajstić information content (AvgIpc) is 2.29. The zero-order valence-corrected chi connectivity index (χ0v) is 9.20. The number of benzene rings is 1. The van der Waals surface area contributed by atoms with Crippen LogP contribution in [0.25, 0.3) is 0 Å². The van der Waals surface area contributed by atoms with Gasteiger partial charge in [-0.25, -0.2) is 4.99 Å². The molecule has 2 N–H and O–H groups in total. The molecule has 0 spiro atoms. The van der Waals surface area contributed by atoms with Crippen LogP contribution in [0.1, 0.15) is 18.4 Å². The number of hydrogen-bond acceptors (Lipinski definition) is 2. The number of alkyl halides is 1. The zero-order valence-electron chi connectivity index (χ0n) is 8.44. The highest BCUT2D eigenvalue weighted by molar-refractivity contribution is 6.28.